The van der Waals surface area contributed by atoms with E-state index >= 15 is 0 Å². The molecule has 11 heavy (non-hydrogen) atoms. The minimum atomic E-state index is 0. The van der Waals surface area contributed by atoms with Crippen LogP contribution in [0.3, 0.4) is 0 Å². The molecule has 0 saturated carbocycles. The van der Waals surface area contributed by atoms with E-state index in [4.69, 9.17) is 0 Å². The average Bonchev–Trinajstić information content (AvgIpc) is 1.82. The van der Waals surface area contributed by atoms with Crippen molar-refractivity contribution in [2.24, 2.45) is 0 Å². The molecule has 0 bridgehead atoms. The van der Waals surface area contributed by atoms with E-state index in [-0.39, 0.29) is 0 Å². The van der Waals surface area contributed by atoms with Crippen LogP contribution in [0.25, 0.3) is 0 Å². The molecule has 0 heterocycles. The minimum absolute atomic E-state index is 0. The molecular weight excluding hydrogens is 459 g/mol. The van der Waals surface area contributed by atoms with Crippen LogP contribution in [-0.4, -0.2) is 5.11 Å². The van der Waals surface area contributed by atoms with E-state index in [9.17, 15) is 5.11 Å². The number of halogens is 1. The van der Waals surface area contributed by atoms with Crippen LogP contribution in [0.2, 0.25) is 0 Å². The number of hydrogen-bond donors (Lipinski definition) is 1. The monoisotopic (exact) mass is 467 g/mol. The van der Waals surface area contributed by atoms with Gasteiger partial charge in [0, 0.05) is 4.47 Å². The van der Waals surface area contributed by atoms with Crippen molar-refractivity contribution < 1.29 is 5.11 Å². The number of aromatic hydroxyl groups is 1. The summed E-state index contributed by atoms with van der Waals surface area (Å²) in [7, 11) is 0. The van der Waals surface area contributed by atoms with Crippen molar-refractivity contribution in [3.63, 3.8) is 0 Å². The van der Waals surface area contributed by atoms with Crippen molar-refractivity contribution in [2.75, 3.05) is 0 Å². The van der Waals surface area contributed by atoms with Gasteiger partial charge in [0.2, 0.25) is 0 Å². The Kier molecular flexibility index (Phi) is 2.64. The molecule has 1 aromatic carbocycles. The van der Waals surface area contributed by atoms with E-state index in [2.05, 4.69) is 15.9 Å². The number of aryl methyl sites for hydroxylation is 2. The zero-order valence-corrected chi connectivity index (χ0v) is 14.7. The van der Waals surface area contributed by atoms with Crippen LogP contribution >= 0.6 is 15.9 Å². The van der Waals surface area contributed by atoms with E-state index in [0.717, 1.165) is 15.6 Å². The van der Waals surface area contributed by atoms with E-state index in [0.29, 0.717) is 5.75 Å². The van der Waals surface area contributed by atoms with Crippen LogP contribution in [-0.2, 0) is 0 Å². The predicted molar refractivity (Wildman–Crippen MR) is 45.3 cm³/mol. The Morgan fingerprint density at radius 2 is 1.55 bits per heavy atom. The summed E-state index contributed by atoms with van der Waals surface area (Å²) in [6.45, 7) is 3.76. The van der Waals surface area contributed by atoms with Gasteiger partial charge in [-0.2, -0.15) is 0 Å². The quantitative estimate of drug-likeness (QED) is 0.622. The maximum atomic E-state index is 9.31. The molecule has 0 atom stereocenters. The van der Waals surface area contributed by atoms with Gasteiger partial charge in [-0.15, -0.1) is 0 Å². The zero-order valence-electron chi connectivity index (χ0n) is 6.69. The van der Waals surface area contributed by atoms with Crippen LogP contribution in [0.1, 0.15) is 11.1 Å². The van der Waals surface area contributed by atoms with Crippen molar-refractivity contribution >= 4 is 15.9 Å². The fraction of sp³-hybridized carbons (Fsp3) is 0.250. The SMILES string of the molecule is Cc1cc(Br)cc(C)c1O.[Rf]. The summed E-state index contributed by atoms with van der Waals surface area (Å²) in [5.74, 6) is 0.392. The normalized spacial score (nSPS) is 9.00. The summed E-state index contributed by atoms with van der Waals surface area (Å²) in [6.07, 6.45) is 0. The standard InChI is InChI=1S/C8H9BrO.Rf/c1-5-3-7(9)4-6(2)8(5)10;/h3-4,10H,1-2H3;. The van der Waals surface area contributed by atoms with Crippen LogP contribution in [0, 0.1) is 13.8 Å². The first-order valence-electron chi connectivity index (χ1n) is 3.07. The molecule has 1 rings (SSSR count). The Bertz CT molecular complexity index is 237. The molecule has 0 aliphatic carbocycles. The molecule has 0 aliphatic heterocycles. The second-order valence-corrected chi connectivity index (χ2v) is 3.30. The van der Waals surface area contributed by atoms with Crippen LogP contribution in [0.5, 0.6) is 5.75 Å². The van der Waals surface area contributed by atoms with Crippen LogP contribution in [0.4, 0.5) is 0 Å². The predicted octanol–water partition coefficient (Wildman–Crippen LogP) is 2.77. The first-order valence-corrected chi connectivity index (χ1v) is 3.86. The summed E-state index contributed by atoms with van der Waals surface area (Å²) in [5, 5.41) is 9.31. The fourth-order valence-corrected chi connectivity index (χ4v) is 1.59. The molecule has 0 aromatic heterocycles. The number of rotatable bonds is 0. The van der Waals surface area contributed by atoms with Gasteiger partial charge in [0.1, 0.15) is 5.75 Å². The second kappa shape index (κ2) is 3.06. The van der Waals surface area contributed by atoms with Crippen molar-refractivity contribution in [1.29, 1.82) is 0 Å². The molecule has 0 unspecified atom stereocenters. The summed E-state index contributed by atoms with van der Waals surface area (Å²) in [6, 6.07) is 3.78. The molecule has 0 spiro atoms. The number of hydrogen-bond acceptors (Lipinski definition) is 1. The fourth-order valence-electron chi connectivity index (χ4n) is 0.903. The van der Waals surface area contributed by atoms with Gasteiger partial charge < -0.3 is 5.11 Å². The molecule has 0 aliphatic rings. The third-order valence-corrected chi connectivity index (χ3v) is 1.91. The van der Waals surface area contributed by atoms with Gasteiger partial charge in [-0.25, -0.2) is 0 Å². The summed E-state index contributed by atoms with van der Waals surface area (Å²) in [4.78, 5) is 0. The summed E-state index contributed by atoms with van der Waals surface area (Å²) >= 11 is 3.34. The smallest absolute Gasteiger partial charge is 0.121 e. The summed E-state index contributed by atoms with van der Waals surface area (Å²) < 4.78 is 1.01. The molecule has 0 saturated heterocycles. The third kappa shape index (κ3) is 1.71. The minimum Gasteiger partial charge on any atom is -0.507 e. The Morgan fingerprint density at radius 3 is 1.91 bits per heavy atom. The molecule has 1 aromatic rings. The zero-order chi connectivity index (χ0) is 7.72. The number of phenolic OH excluding ortho intramolecular Hbond substituents is 1. The Morgan fingerprint density at radius 1 is 1.18 bits per heavy atom. The first-order chi connectivity index (χ1) is 4.61. The maximum Gasteiger partial charge on any atom is 0.121 e. The topological polar surface area (TPSA) is 20.2 Å². The van der Waals surface area contributed by atoms with Gasteiger partial charge in [0.05, 0.1) is 0 Å². The molecule has 1 nitrogen and oxygen atoms in total. The molecular formula is C8H9BrORf. The maximum absolute atomic E-state index is 9.31. The molecule has 1 N–H and O–H groups in total. The van der Waals surface area contributed by atoms with Gasteiger partial charge in [-0.3, -0.25) is 0 Å². The first kappa shape index (κ1) is 9.50. The average molecular weight is 468 g/mol. The van der Waals surface area contributed by atoms with E-state index in [1.54, 1.807) is 0 Å². The van der Waals surface area contributed by atoms with Crippen LogP contribution < -0.4 is 0 Å². The van der Waals surface area contributed by atoms with Crippen molar-refractivity contribution in [1.82, 2.24) is 0 Å². The van der Waals surface area contributed by atoms with Gasteiger partial charge in [0.25, 0.3) is 0 Å². The number of phenols is 1. The van der Waals surface area contributed by atoms with Crippen molar-refractivity contribution in [3.05, 3.63) is 27.7 Å². The summed E-state index contributed by atoms with van der Waals surface area (Å²) in [5.41, 5.74) is 1.82. The van der Waals surface area contributed by atoms with Gasteiger partial charge in [-0.05, 0) is 37.1 Å². The van der Waals surface area contributed by atoms with Crippen molar-refractivity contribution in [2.45, 2.75) is 13.8 Å². The van der Waals surface area contributed by atoms with Crippen LogP contribution in [0.15, 0.2) is 16.6 Å². The van der Waals surface area contributed by atoms with E-state index in [1.807, 2.05) is 26.0 Å². The Labute approximate surface area is 68.8 Å². The van der Waals surface area contributed by atoms with Gasteiger partial charge >= 0.3 is 0 Å². The number of benzene rings is 1. The van der Waals surface area contributed by atoms with Gasteiger partial charge in [-0.1, -0.05) is 15.9 Å². The molecule has 56 valence electrons. The Hall–Kier alpha value is -1.50. The molecule has 0 radical (unpaired) electrons. The second-order valence-electron chi connectivity index (χ2n) is 2.39. The van der Waals surface area contributed by atoms with E-state index < -0.39 is 0 Å². The van der Waals surface area contributed by atoms with Gasteiger partial charge in [0.15, 0.2) is 0 Å². The van der Waals surface area contributed by atoms with Crippen molar-refractivity contribution in [3.8, 4) is 5.75 Å². The molecule has 0 fully saturated rings. The Balaban J connectivity index is 0.000001000. The molecule has 3 heteroatoms. The van der Waals surface area contributed by atoms with E-state index in [1.165, 1.54) is 0 Å². The third-order valence-electron chi connectivity index (χ3n) is 1.46. The molecule has 0 amide bonds. The largest absolute Gasteiger partial charge is 0.507 e.